The lowest BCUT2D eigenvalue weighted by Gasteiger charge is -2.43. The molecule has 0 aliphatic carbocycles. The number of ether oxygens (including phenoxy) is 2. The molecule has 0 amide bonds. The lowest BCUT2D eigenvalue weighted by Crippen LogP contribution is -2.66. The SMILES string of the molecule is COC(=O)c1c(OP(=O)(O)O)ccc2c(CO[Si](c3ccccc3)(c3ccccc3)C(C)(C)C)c(Cl)c(OC)cc12. The van der Waals surface area contributed by atoms with Gasteiger partial charge in [-0.05, 0) is 32.9 Å². The monoisotopic (exact) mass is 614 g/mol. The van der Waals surface area contributed by atoms with Gasteiger partial charge < -0.3 is 18.4 Å². The zero-order valence-corrected chi connectivity index (χ0v) is 26.0. The largest absolute Gasteiger partial charge is 0.524 e. The summed E-state index contributed by atoms with van der Waals surface area (Å²) < 4.78 is 34.1. The van der Waals surface area contributed by atoms with Crippen LogP contribution in [0.1, 0.15) is 36.7 Å². The van der Waals surface area contributed by atoms with Crippen LogP contribution in [0.4, 0.5) is 0 Å². The molecular formula is C30H32ClO8PSi. The maximum atomic E-state index is 12.9. The molecule has 4 rings (SSSR count). The van der Waals surface area contributed by atoms with Gasteiger partial charge in [-0.25, -0.2) is 9.36 Å². The Morgan fingerprint density at radius 1 is 0.878 bits per heavy atom. The lowest BCUT2D eigenvalue weighted by molar-refractivity contribution is 0.0601. The summed E-state index contributed by atoms with van der Waals surface area (Å²) in [7, 11) is -5.36. The molecule has 4 aromatic carbocycles. The van der Waals surface area contributed by atoms with Gasteiger partial charge in [0, 0.05) is 10.9 Å². The molecule has 0 unspecified atom stereocenters. The normalized spacial score (nSPS) is 12.3. The summed E-state index contributed by atoms with van der Waals surface area (Å²) in [5, 5.41) is 2.94. The van der Waals surface area contributed by atoms with Gasteiger partial charge in [-0.2, -0.15) is 0 Å². The van der Waals surface area contributed by atoms with E-state index in [1.165, 1.54) is 26.4 Å². The van der Waals surface area contributed by atoms with Crippen LogP contribution in [0.3, 0.4) is 0 Å². The molecule has 0 bridgehead atoms. The van der Waals surface area contributed by atoms with E-state index in [4.69, 9.17) is 30.0 Å². The van der Waals surface area contributed by atoms with Crippen LogP contribution in [0, 0.1) is 0 Å². The van der Waals surface area contributed by atoms with Crippen LogP contribution >= 0.6 is 19.4 Å². The fourth-order valence-corrected chi connectivity index (χ4v) is 10.4. The number of phosphoric ester groups is 1. The second-order valence-corrected chi connectivity index (χ2v) is 16.3. The third-order valence-electron chi connectivity index (χ3n) is 6.97. The molecule has 8 nitrogen and oxygen atoms in total. The molecule has 0 radical (unpaired) electrons. The van der Waals surface area contributed by atoms with Crippen molar-refractivity contribution < 1.29 is 37.6 Å². The number of halogens is 1. The highest BCUT2D eigenvalue weighted by atomic mass is 35.5. The van der Waals surface area contributed by atoms with Crippen LogP contribution in [0.25, 0.3) is 10.8 Å². The van der Waals surface area contributed by atoms with E-state index in [1.807, 2.05) is 36.4 Å². The number of rotatable bonds is 9. The maximum absolute atomic E-state index is 12.9. The van der Waals surface area contributed by atoms with Crippen LogP contribution in [0.15, 0.2) is 78.9 Å². The van der Waals surface area contributed by atoms with Crippen molar-refractivity contribution in [1.82, 2.24) is 0 Å². The molecule has 0 atom stereocenters. The number of fused-ring (bicyclic) bond motifs is 1. The van der Waals surface area contributed by atoms with E-state index in [0.29, 0.717) is 10.9 Å². The predicted molar refractivity (Wildman–Crippen MR) is 162 cm³/mol. The van der Waals surface area contributed by atoms with E-state index in [-0.39, 0.29) is 39.1 Å². The topological polar surface area (TPSA) is 112 Å². The molecule has 0 heterocycles. The standard InChI is InChI=1S/C30H32ClO8PSi/c1-30(2,3)41(20-12-8-6-9-13-20,21-14-10-7-11-15-21)38-19-24-22-16-17-25(39-40(33,34)35)27(29(32)37-5)23(22)18-26(36-4)28(24)31/h6-18H,19H2,1-5H3,(H2,33,34,35). The van der Waals surface area contributed by atoms with Crippen molar-refractivity contribution >= 4 is 54.9 Å². The molecule has 41 heavy (non-hydrogen) atoms. The number of hydrogen-bond acceptors (Lipinski definition) is 6. The van der Waals surface area contributed by atoms with Crippen molar-refractivity contribution in [2.24, 2.45) is 0 Å². The third kappa shape index (κ3) is 6.06. The van der Waals surface area contributed by atoms with Gasteiger partial charge >= 0.3 is 13.8 Å². The first kappa shape index (κ1) is 30.8. The summed E-state index contributed by atoms with van der Waals surface area (Å²) >= 11 is 6.87. The quantitative estimate of drug-likeness (QED) is 0.137. The van der Waals surface area contributed by atoms with Crippen LogP contribution in [0.5, 0.6) is 11.5 Å². The molecule has 11 heteroatoms. The summed E-state index contributed by atoms with van der Waals surface area (Å²) in [6.45, 7) is 6.53. The number of phosphoric acid groups is 1. The Kier molecular flexibility index (Phi) is 8.99. The summed E-state index contributed by atoms with van der Waals surface area (Å²) in [5.74, 6) is -0.929. The number of hydrogen-bond donors (Lipinski definition) is 2. The summed E-state index contributed by atoms with van der Waals surface area (Å²) in [6, 6.07) is 24.6. The highest BCUT2D eigenvalue weighted by molar-refractivity contribution is 7.46. The Morgan fingerprint density at radius 3 is 1.90 bits per heavy atom. The molecule has 0 saturated carbocycles. The van der Waals surface area contributed by atoms with E-state index in [2.05, 4.69) is 45.0 Å². The number of methoxy groups -OCH3 is 2. The number of esters is 1. The molecule has 0 aliphatic heterocycles. The first-order valence-electron chi connectivity index (χ1n) is 12.7. The zero-order chi connectivity index (χ0) is 30.0. The van der Waals surface area contributed by atoms with E-state index < -0.39 is 22.1 Å². The fraction of sp³-hybridized carbons (Fsp3) is 0.233. The first-order valence-corrected chi connectivity index (χ1v) is 16.6. The van der Waals surface area contributed by atoms with Gasteiger partial charge in [0.2, 0.25) is 0 Å². The Labute approximate surface area is 245 Å². The van der Waals surface area contributed by atoms with Gasteiger partial charge in [0.25, 0.3) is 8.32 Å². The molecule has 216 valence electrons. The lowest BCUT2D eigenvalue weighted by atomic mass is 9.98. The maximum Gasteiger partial charge on any atom is 0.524 e. The van der Waals surface area contributed by atoms with Gasteiger partial charge in [-0.15, -0.1) is 0 Å². The predicted octanol–water partition coefficient (Wildman–Crippen LogP) is 5.84. The van der Waals surface area contributed by atoms with E-state index >= 15 is 0 Å². The van der Waals surface area contributed by atoms with E-state index in [1.54, 1.807) is 6.07 Å². The average Bonchev–Trinajstić information content (AvgIpc) is 2.93. The van der Waals surface area contributed by atoms with E-state index in [0.717, 1.165) is 10.4 Å². The summed E-state index contributed by atoms with van der Waals surface area (Å²) in [4.78, 5) is 31.8. The molecule has 0 fully saturated rings. The smallest absolute Gasteiger partial charge is 0.495 e. The van der Waals surface area contributed by atoms with Crippen molar-refractivity contribution in [2.45, 2.75) is 32.4 Å². The van der Waals surface area contributed by atoms with E-state index in [9.17, 15) is 19.1 Å². The number of carbonyl (C=O) groups excluding carboxylic acids is 1. The Balaban J connectivity index is 1.98. The van der Waals surface area contributed by atoms with Crippen LogP contribution in [0.2, 0.25) is 10.1 Å². The Morgan fingerprint density at radius 2 is 1.44 bits per heavy atom. The summed E-state index contributed by atoms with van der Waals surface area (Å²) in [6.07, 6.45) is 0. The minimum Gasteiger partial charge on any atom is -0.495 e. The molecular weight excluding hydrogens is 583 g/mol. The molecule has 0 saturated heterocycles. The minimum absolute atomic E-state index is 0.0547. The average molecular weight is 615 g/mol. The molecule has 2 N–H and O–H groups in total. The van der Waals surface area contributed by atoms with Gasteiger partial charge in [0.05, 0.1) is 25.8 Å². The molecule has 0 aromatic heterocycles. The highest BCUT2D eigenvalue weighted by Crippen LogP contribution is 2.45. The Hall–Kier alpha value is -3.17. The molecule has 0 spiro atoms. The fourth-order valence-electron chi connectivity index (χ4n) is 5.22. The number of carbonyl (C=O) groups is 1. The van der Waals surface area contributed by atoms with Crippen molar-refractivity contribution in [1.29, 1.82) is 0 Å². The zero-order valence-electron chi connectivity index (χ0n) is 23.4. The Bertz CT molecular complexity index is 1560. The van der Waals surface area contributed by atoms with Crippen molar-refractivity contribution in [3.8, 4) is 11.5 Å². The van der Waals surface area contributed by atoms with Crippen molar-refractivity contribution in [2.75, 3.05) is 14.2 Å². The van der Waals surface area contributed by atoms with Crippen LogP contribution < -0.4 is 19.6 Å². The summed E-state index contributed by atoms with van der Waals surface area (Å²) in [5.41, 5.74) is 0.372. The first-order chi connectivity index (χ1) is 19.3. The van der Waals surface area contributed by atoms with Gasteiger partial charge in [-0.1, -0.05) is 99.1 Å². The van der Waals surface area contributed by atoms with Crippen molar-refractivity contribution in [3.05, 3.63) is 95.0 Å². The second-order valence-electron chi connectivity index (χ2n) is 10.4. The van der Waals surface area contributed by atoms with Gasteiger partial charge in [0.1, 0.15) is 17.1 Å². The van der Waals surface area contributed by atoms with Crippen LogP contribution in [-0.2, 0) is 20.3 Å². The van der Waals surface area contributed by atoms with Gasteiger partial charge in [-0.3, -0.25) is 9.79 Å². The molecule has 0 aliphatic rings. The molecule has 4 aromatic rings. The second kappa shape index (κ2) is 12.0. The number of benzene rings is 4. The minimum atomic E-state index is -4.99. The third-order valence-corrected chi connectivity index (χ3v) is 12.8. The highest BCUT2D eigenvalue weighted by Gasteiger charge is 2.50. The van der Waals surface area contributed by atoms with Crippen LogP contribution in [-0.4, -0.2) is 38.3 Å². The van der Waals surface area contributed by atoms with Crippen molar-refractivity contribution in [3.63, 3.8) is 0 Å². The van der Waals surface area contributed by atoms with Gasteiger partial charge in [0.15, 0.2) is 0 Å².